The second-order valence-corrected chi connectivity index (χ2v) is 7.42. The van der Waals surface area contributed by atoms with Gasteiger partial charge in [-0.3, -0.25) is 9.59 Å². The van der Waals surface area contributed by atoms with E-state index in [4.69, 9.17) is 4.74 Å². The second kappa shape index (κ2) is 9.40. The zero-order chi connectivity index (χ0) is 19.9. The number of hydrogen-bond donors (Lipinski definition) is 2. The second-order valence-electron chi connectivity index (χ2n) is 7.42. The van der Waals surface area contributed by atoms with Gasteiger partial charge >= 0.3 is 0 Å². The Bertz CT molecular complexity index is 827. The van der Waals surface area contributed by atoms with Crippen molar-refractivity contribution in [2.24, 2.45) is 5.92 Å². The zero-order valence-corrected chi connectivity index (χ0v) is 16.6. The van der Waals surface area contributed by atoms with Crippen LogP contribution in [-0.4, -0.2) is 18.9 Å². The molecule has 1 aliphatic rings. The number of amides is 2. The standard InChI is InChI=1S/C23H28N2O3/c1-16-14-20(24-22(26)13-12-17-8-6-7-9-17)21(28-2)15-19(16)25-23(27)18-10-4-3-5-11-18/h3-5,10-11,14-15,17H,6-9,12-13H2,1-2H3,(H,24,26)(H,25,27). The Balaban J connectivity index is 1.66. The van der Waals surface area contributed by atoms with Crippen molar-refractivity contribution in [1.29, 1.82) is 0 Å². The molecule has 1 aliphatic carbocycles. The molecular weight excluding hydrogens is 352 g/mol. The molecule has 5 heteroatoms. The number of carbonyl (C=O) groups excluding carboxylic acids is 2. The number of rotatable bonds is 7. The maximum atomic E-state index is 12.4. The summed E-state index contributed by atoms with van der Waals surface area (Å²) in [6.07, 6.45) is 6.53. The maximum Gasteiger partial charge on any atom is 0.255 e. The average molecular weight is 380 g/mol. The van der Waals surface area contributed by atoms with Gasteiger partial charge in [-0.15, -0.1) is 0 Å². The van der Waals surface area contributed by atoms with Gasteiger partial charge < -0.3 is 15.4 Å². The summed E-state index contributed by atoms with van der Waals surface area (Å²) in [6.45, 7) is 1.90. The molecule has 2 amide bonds. The van der Waals surface area contributed by atoms with Gasteiger partial charge in [0.25, 0.3) is 5.91 Å². The Kier molecular flexibility index (Phi) is 6.69. The minimum atomic E-state index is -0.181. The number of methoxy groups -OCH3 is 1. The molecule has 0 radical (unpaired) electrons. The van der Waals surface area contributed by atoms with Crippen LogP contribution >= 0.6 is 0 Å². The summed E-state index contributed by atoms with van der Waals surface area (Å²) in [5.74, 6) is 1.04. The van der Waals surface area contributed by atoms with Gasteiger partial charge in [-0.2, -0.15) is 0 Å². The number of anilines is 2. The number of aryl methyl sites for hydroxylation is 1. The van der Waals surface area contributed by atoms with Crippen LogP contribution in [0.1, 0.15) is 54.4 Å². The molecular formula is C23H28N2O3. The van der Waals surface area contributed by atoms with Gasteiger partial charge in [0.1, 0.15) is 5.75 Å². The van der Waals surface area contributed by atoms with Crippen molar-refractivity contribution in [3.05, 3.63) is 53.6 Å². The molecule has 0 bridgehead atoms. The fourth-order valence-electron chi connectivity index (χ4n) is 3.72. The molecule has 0 aliphatic heterocycles. The smallest absolute Gasteiger partial charge is 0.255 e. The summed E-state index contributed by atoms with van der Waals surface area (Å²) in [4.78, 5) is 24.8. The quantitative estimate of drug-likeness (QED) is 0.697. The van der Waals surface area contributed by atoms with Gasteiger partial charge in [-0.05, 0) is 43.0 Å². The molecule has 1 fully saturated rings. The molecule has 0 unspecified atom stereocenters. The first-order valence-electron chi connectivity index (χ1n) is 9.91. The molecule has 1 saturated carbocycles. The van der Waals surface area contributed by atoms with Crippen LogP contribution in [-0.2, 0) is 4.79 Å². The molecule has 0 aromatic heterocycles. The number of nitrogens with one attached hydrogen (secondary N) is 2. The van der Waals surface area contributed by atoms with Crippen LogP contribution < -0.4 is 15.4 Å². The summed E-state index contributed by atoms with van der Waals surface area (Å²) >= 11 is 0. The van der Waals surface area contributed by atoms with Crippen molar-refractivity contribution in [1.82, 2.24) is 0 Å². The third kappa shape index (κ3) is 5.12. The molecule has 2 aromatic carbocycles. The highest BCUT2D eigenvalue weighted by Gasteiger charge is 2.17. The normalized spacial score (nSPS) is 13.9. The molecule has 2 N–H and O–H groups in total. The van der Waals surface area contributed by atoms with E-state index in [0.717, 1.165) is 12.0 Å². The van der Waals surface area contributed by atoms with E-state index in [0.29, 0.717) is 35.0 Å². The lowest BCUT2D eigenvalue weighted by molar-refractivity contribution is -0.116. The first-order valence-corrected chi connectivity index (χ1v) is 9.91. The summed E-state index contributed by atoms with van der Waals surface area (Å²) < 4.78 is 5.44. The highest BCUT2D eigenvalue weighted by atomic mass is 16.5. The van der Waals surface area contributed by atoms with Crippen molar-refractivity contribution < 1.29 is 14.3 Å². The van der Waals surface area contributed by atoms with Crippen LogP contribution in [0.4, 0.5) is 11.4 Å². The summed E-state index contributed by atoms with van der Waals surface area (Å²) in [6, 6.07) is 12.6. The molecule has 28 heavy (non-hydrogen) atoms. The van der Waals surface area contributed by atoms with Gasteiger partial charge in [-0.25, -0.2) is 0 Å². The van der Waals surface area contributed by atoms with E-state index in [2.05, 4.69) is 10.6 Å². The Morgan fingerprint density at radius 2 is 1.75 bits per heavy atom. The lowest BCUT2D eigenvalue weighted by Gasteiger charge is -2.16. The van der Waals surface area contributed by atoms with E-state index in [1.165, 1.54) is 25.7 Å². The van der Waals surface area contributed by atoms with Crippen molar-refractivity contribution in [3.8, 4) is 5.75 Å². The Labute approximate surface area is 166 Å². The Morgan fingerprint density at radius 3 is 2.43 bits per heavy atom. The minimum absolute atomic E-state index is 0.00525. The van der Waals surface area contributed by atoms with Crippen molar-refractivity contribution in [2.45, 2.75) is 45.4 Å². The van der Waals surface area contributed by atoms with E-state index >= 15 is 0 Å². The third-order valence-electron chi connectivity index (χ3n) is 5.36. The molecule has 148 valence electrons. The van der Waals surface area contributed by atoms with Crippen LogP contribution in [0.3, 0.4) is 0 Å². The lowest BCUT2D eigenvalue weighted by Crippen LogP contribution is -2.15. The summed E-state index contributed by atoms with van der Waals surface area (Å²) in [5, 5.41) is 5.87. The van der Waals surface area contributed by atoms with Crippen molar-refractivity contribution in [2.75, 3.05) is 17.7 Å². The highest BCUT2D eigenvalue weighted by molar-refractivity contribution is 6.05. The molecule has 2 aromatic rings. The predicted molar refractivity (Wildman–Crippen MR) is 112 cm³/mol. The van der Waals surface area contributed by atoms with E-state index < -0.39 is 0 Å². The van der Waals surface area contributed by atoms with E-state index in [1.54, 1.807) is 25.3 Å². The third-order valence-corrected chi connectivity index (χ3v) is 5.36. The number of carbonyl (C=O) groups is 2. The van der Waals surface area contributed by atoms with Gasteiger partial charge in [-0.1, -0.05) is 43.9 Å². The molecule has 0 spiro atoms. The topological polar surface area (TPSA) is 67.4 Å². The van der Waals surface area contributed by atoms with Gasteiger partial charge in [0, 0.05) is 23.7 Å². The molecule has 3 rings (SSSR count). The van der Waals surface area contributed by atoms with Gasteiger partial charge in [0.2, 0.25) is 5.91 Å². The average Bonchev–Trinajstić information content (AvgIpc) is 3.22. The molecule has 0 heterocycles. The Morgan fingerprint density at radius 1 is 1.04 bits per heavy atom. The van der Waals surface area contributed by atoms with E-state index in [9.17, 15) is 9.59 Å². The number of benzene rings is 2. The van der Waals surface area contributed by atoms with Crippen molar-refractivity contribution in [3.63, 3.8) is 0 Å². The largest absolute Gasteiger partial charge is 0.494 e. The maximum absolute atomic E-state index is 12.4. The van der Waals surface area contributed by atoms with E-state index in [-0.39, 0.29) is 11.8 Å². The Hall–Kier alpha value is -2.82. The first kappa shape index (κ1) is 19.9. The van der Waals surface area contributed by atoms with Crippen LogP contribution in [0.5, 0.6) is 5.75 Å². The van der Waals surface area contributed by atoms with Gasteiger partial charge in [0.15, 0.2) is 0 Å². The summed E-state index contributed by atoms with van der Waals surface area (Å²) in [5.41, 5.74) is 2.74. The van der Waals surface area contributed by atoms with Crippen LogP contribution in [0, 0.1) is 12.8 Å². The summed E-state index contributed by atoms with van der Waals surface area (Å²) in [7, 11) is 1.56. The zero-order valence-electron chi connectivity index (χ0n) is 16.6. The molecule has 0 saturated heterocycles. The fraction of sp³-hybridized carbons (Fsp3) is 0.391. The fourth-order valence-corrected chi connectivity index (χ4v) is 3.72. The molecule has 0 atom stereocenters. The minimum Gasteiger partial charge on any atom is -0.494 e. The van der Waals surface area contributed by atoms with Crippen molar-refractivity contribution >= 4 is 23.2 Å². The number of hydrogen-bond acceptors (Lipinski definition) is 3. The SMILES string of the molecule is COc1cc(NC(=O)c2ccccc2)c(C)cc1NC(=O)CCC1CCCC1. The van der Waals surface area contributed by atoms with Crippen LogP contribution in [0.25, 0.3) is 0 Å². The highest BCUT2D eigenvalue weighted by Crippen LogP contribution is 2.32. The monoisotopic (exact) mass is 380 g/mol. The van der Waals surface area contributed by atoms with Crippen LogP contribution in [0.15, 0.2) is 42.5 Å². The number of ether oxygens (including phenoxy) is 1. The first-order chi connectivity index (χ1) is 13.6. The predicted octanol–water partition coefficient (Wildman–Crippen LogP) is 5.16. The van der Waals surface area contributed by atoms with Crippen LogP contribution in [0.2, 0.25) is 0 Å². The molecule has 5 nitrogen and oxygen atoms in total. The van der Waals surface area contributed by atoms with Gasteiger partial charge in [0.05, 0.1) is 12.8 Å². The lowest BCUT2D eigenvalue weighted by atomic mass is 10.0. The van der Waals surface area contributed by atoms with E-state index in [1.807, 2.05) is 31.2 Å².